The van der Waals surface area contributed by atoms with Crippen molar-refractivity contribution in [3.8, 4) is 0 Å². The maximum atomic E-state index is 11.3. The van der Waals surface area contributed by atoms with E-state index in [-0.39, 0.29) is 17.9 Å². The topological polar surface area (TPSA) is 38.7 Å². The lowest BCUT2D eigenvalue weighted by molar-refractivity contribution is -0.141. The minimum atomic E-state index is -0.204. The average molecular weight is 237 g/mol. The van der Waals surface area contributed by atoms with Gasteiger partial charge in [0.1, 0.15) is 6.54 Å². The lowest BCUT2D eigenvalue weighted by Gasteiger charge is -2.34. The SMILES string of the molecule is CCOC(=O)CN=C1C[C@H]2CC[C@]1(C)C2(C)C. The Morgan fingerprint density at radius 3 is 2.65 bits per heavy atom. The molecule has 0 aromatic carbocycles. The van der Waals surface area contributed by atoms with Crippen molar-refractivity contribution in [2.45, 2.75) is 47.0 Å². The number of fused-ring (bicyclic) bond motifs is 2. The average Bonchev–Trinajstić information content (AvgIpc) is 2.59. The Kier molecular flexibility index (Phi) is 3.04. The van der Waals surface area contributed by atoms with Gasteiger partial charge in [-0.25, -0.2) is 0 Å². The minimum Gasteiger partial charge on any atom is -0.465 e. The molecule has 0 spiro atoms. The van der Waals surface area contributed by atoms with E-state index < -0.39 is 0 Å². The molecule has 2 saturated carbocycles. The van der Waals surface area contributed by atoms with Crippen molar-refractivity contribution in [3.63, 3.8) is 0 Å². The van der Waals surface area contributed by atoms with Crippen LogP contribution in [0.25, 0.3) is 0 Å². The van der Waals surface area contributed by atoms with Crippen molar-refractivity contribution < 1.29 is 9.53 Å². The first-order valence-corrected chi connectivity index (χ1v) is 6.61. The molecular formula is C14H23NO2. The van der Waals surface area contributed by atoms with Crippen LogP contribution in [0.2, 0.25) is 0 Å². The molecule has 17 heavy (non-hydrogen) atoms. The molecule has 2 rings (SSSR count). The van der Waals surface area contributed by atoms with Gasteiger partial charge in [-0.2, -0.15) is 0 Å². The van der Waals surface area contributed by atoms with Crippen LogP contribution in [0.4, 0.5) is 0 Å². The molecule has 0 heterocycles. The lowest BCUT2D eigenvalue weighted by Crippen LogP contribution is -2.33. The second-order valence-electron chi connectivity index (χ2n) is 6.06. The molecule has 3 nitrogen and oxygen atoms in total. The molecule has 0 saturated heterocycles. The van der Waals surface area contributed by atoms with Crippen LogP contribution in [-0.4, -0.2) is 24.8 Å². The van der Waals surface area contributed by atoms with Crippen LogP contribution in [0.3, 0.4) is 0 Å². The smallest absolute Gasteiger partial charge is 0.327 e. The minimum absolute atomic E-state index is 0.196. The van der Waals surface area contributed by atoms with Crippen molar-refractivity contribution in [2.75, 3.05) is 13.2 Å². The second kappa shape index (κ2) is 4.11. The number of aliphatic imine (C=N–C) groups is 1. The van der Waals surface area contributed by atoms with Crippen molar-refractivity contribution in [3.05, 3.63) is 0 Å². The molecule has 0 unspecified atom stereocenters. The molecule has 0 N–H and O–H groups in total. The van der Waals surface area contributed by atoms with Gasteiger partial charge in [0.15, 0.2) is 0 Å². The van der Waals surface area contributed by atoms with Crippen molar-refractivity contribution in [1.82, 2.24) is 0 Å². The predicted octanol–water partition coefficient (Wildman–Crippen LogP) is 2.84. The zero-order valence-electron chi connectivity index (χ0n) is 11.4. The van der Waals surface area contributed by atoms with E-state index in [4.69, 9.17) is 4.74 Å². The van der Waals surface area contributed by atoms with E-state index in [0.29, 0.717) is 12.0 Å². The van der Waals surface area contributed by atoms with Gasteiger partial charge in [-0.05, 0) is 37.5 Å². The first kappa shape index (κ1) is 12.6. The molecule has 0 aliphatic heterocycles. The van der Waals surface area contributed by atoms with Gasteiger partial charge in [0.2, 0.25) is 0 Å². The molecule has 96 valence electrons. The molecule has 2 bridgehead atoms. The highest BCUT2D eigenvalue weighted by molar-refractivity contribution is 5.95. The van der Waals surface area contributed by atoms with Crippen LogP contribution >= 0.6 is 0 Å². The maximum absolute atomic E-state index is 11.3. The van der Waals surface area contributed by atoms with Gasteiger partial charge < -0.3 is 4.74 Å². The standard InChI is InChI=1S/C14H23NO2/c1-5-17-12(16)9-15-11-8-10-6-7-14(11,4)13(10,2)3/h10H,5-9H2,1-4H3/t10-,14+/m1/s1. The summed E-state index contributed by atoms with van der Waals surface area (Å²) >= 11 is 0. The summed E-state index contributed by atoms with van der Waals surface area (Å²) < 4.78 is 4.92. The number of carbonyl (C=O) groups excluding carboxylic acids is 1. The molecule has 2 aliphatic rings. The summed E-state index contributed by atoms with van der Waals surface area (Å²) in [6.07, 6.45) is 3.59. The van der Waals surface area contributed by atoms with Crippen LogP contribution in [0.5, 0.6) is 0 Å². The Labute approximate surface area is 104 Å². The summed E-state index contributed by atoms with van der Waals surface area (Å²) in [5.41, 5.74) is 1.77. The largest absolute Gasteiger partial charge is 0.465 e. The Balaban J connectivity index is 2.10. The number of hydrogen-bond donors (Lipinski definition) is 0. The third-order valence-electron chi connectivity index (χ3n) is 5.22. The lowest BCUT2D eigenvalue weighted by atomic mass is 9.70. The first-order valence-electron chi connectivity index (χ1n) is 6.61. The van der Waals surface area contributed by atoms with Crippen molar-refractivity contribution in [1.29, 1.82) is 0 Å². The van der Waals surface area contributed by atoms with E-state index in [1.807, 2.05) is 6.92 Å². The summed E-state index contributed by atoms with van der Waals surface area (Å²) in [7, 11) is 0. The predicted molar refractivity (Wildman–Crippen MR) is 68.2 cm³/mol. The number of esters is 1. The summed E-state index contributed by atoms with van der Waals surface area (Å²) in [5.74, 6) is 0.539. The van der Waals surface area contributed by atoms with Crippen LogP contribution in [-0.2, 0) is 9.53 Å². The maximum Gasteiger partial charge on any atom is 0.327 e. The molecule has 0 aromatic rings. The molecule has 2 atom stereocenters. The Morgan fingerprint density at radius 2 is 2.18 bits per heavy atom. The van der Waals surface area contributed by atoms with Gasteiger partial charge in [0.05, 0.1) is 6.61 Å². The number of carbonyl (C=O) groups is 1. The highest BCUT2D eigenvalue weighted by Crippen LogP contribution is 2.63. The number of nitrogens with zero attached hydrogens (tertiary/aromatic N) is 1. The summed E-state index contributed by atoms with van der Waals surface area (Å²) in [6, 6.07) is 0. The first-order chi connectivity index (χ1) is 7.91. The van der Waals surface area contributed by atoms with Gasteiger partial charge in [0.25, 0.3) is 0 Å². The normalized spacial score (nSPS) is 36.5. The number of rotatable bonds is 3. The van der Waals surface area contributed by atoms with Crippen molar-refractivity contribution >= 4 is 11.7 Å². The number of ether oxygens (including phenoxy) is 1. The fraction of sp³-hybridized carbons (Fsp3) is 0.857. The van der Waals surface area contributed by atoms with Crippen LogP contribution in [0.15, 0.2) is 4.99 Å². The second-order valence-corrected chi connectivity index (χ2v) is 6.06. The van der Waals surface area contributed by atoms with E-state index in [9.17, 15) is 4.79 Å². The fourth-order valence-electron chi connectivity index (χ4n) is 3.53. The highest BCUT2D eigenvalue weighted by atomic mass is 16.5. The van der Waals surface area contributed by atoms with E-state index in [1.54, 1.807) is 0 Å². The molecule has 0 radical (unpaired) electrons. The van der Waals surface area contributed by atoms with Crippen LogP contribution in [0, 0.1) is 16.7 Å². The van der Waals surface area contributed by atoms with E-state index >= 15 is 0 Å². The summed E-state index contributed by atoms with van der Waals surface area (Å²) in [4.78, 5) is 15.9. The third-order valence-corrected chi connectivity index (χ3v) is 5.22. The van der Waals surface area contributed by atoms with E-state index in [2.05, 4.69) is 25.8 Å². The van der Waals surface area contributed by atoms with E-state index in [1.165, 1.54) is 18.6 Å². The van der Waals surface area contributed by atoms with Crippen LogP contribution < -0.4 is 0 Å². The van der Waals surface area contributed by atoms with Crippen LogP contribution in [0.1, 0.15) is 47.0 Å². The summed E-state index contributed by atoms with van der Waals surface area (Å²) in [5, 5.41) is 0. The highest BCUT2D eigenvalue weighted by Gasteiger charge is 2.59. The van der Waals surface area contributed by atoms with Gasteiger partial charge in [0, 0.05) is 11.1 Å². The van der Waals surface area contributed by atoms with Gasteiger partial charge in [-0.15, -0.1) is 0 Å². The summed E-state index contributed by atoms with van der Waals surface area (Å²) in [6.45, 7) is 9.46. The molecule has 0 amide bonds. The zero-order chi connectivity index (χ0) is 12.7. The van der Waals surface area contributed by atoms with E-state index in [0.717, 1.165) is 12.3 Å². The van der Waals surface area contributed by atoms with Gasteiger partial charge in [-0.3, -0.25) is 9.79 Å². The molecule has 2 aliphatic carbocycles. The molecule has 2 fully saturated rings. The fourth-order valence-corrected chi connectivity index (χ4v) is 3.53. The Bertz CT molecular complexity index is 359. The monoisotopic (exact) mass is 237 g/mol. The molecular weight excluding hydrogens is 214 g/mol. The number of hydrogen-bond acceptors (Lipinski definition) is 3. The molecule has 0 aromatic heterocycles. The van der Waals surface area contributed by atoms with Gasteiger partial charge >= 0.3 is 5.97 Å². The quantitative estimate of drug-likeness (QED) is 0.708. The van der Waals surface area contributed by atoms with Gasteiger partial charge in [-0.1, -0.05) is 20.8 Å². The third kappa shape index (κ3) is 1.80. The zero-order valence-corrected chi connectivity index (χ0v) is 11.4. The Morgan fingerprint density at radius 1 is 1.47 bits per heavy atom. The Hall–Kier alpha value is -0.860. The van der Waals surface area contributed by atoms with Crippen molar-refractivity contribution in [2.24, 2.45) is 21.7 Å². The molecule has 3 heteroatoms.